The molecule has 0 saturated carbocycles. The van der Waals surface area contributed by atoms with Crippen LogP contribution in [0.4, 0.5) is 18.9 Å². The van der Waals surface area contributed by atoms with E-state index in [9.17, 15) is 21.6 Å². The van der Waals surface area contributed by atoms with Gasteiger partial charge in [0.2, 0.25) is 0 Å². The lowest BCUT2D eigenvalue weighted by molar-refractivity contribution is -0.137. The van der Waals surface area contributed by atoms with Crippen LogP contribution in [0.2, 0.25) is 5.02 Å². The number of aryl methyl sites for hydroxylation is 2. The Morgan fingerprint density at radius 2 is 1.85 bits per heavy atom. The quantitative estimate of drug-likeness (QED) is 0.722. The van der Waals surface area contributed by atoms with E-state index in [1.807, 2.05) is 0 Å². The predicted octanol–water partition coefficient (Wildman–Crippen LogP) is 3.21. The number of nitrogens with one attached hydrogen (secondary N) is 1. The van der Waals surface area contributed by atoms with Crippen LogP contribution in [-0.2, 0) is 16.2 Å². The van der Waals surface area contributed by atoms with Crippen molar-refractivity contribution < 1.29 is 21.6 Å². The summed E-state index contributed by atoms with van der Waals surface area (Å²) in [5, 5.41) is 2.92. The Kier molecular flexibility index (Phi) is 4.31. The molecule has 7 nitrogen and oxygen atoms in total. The zero-order valence-corrected chi connectivity index (χ0v) is 14.9. The largest absolute Gasteiger partial charge is 0.416 e. The fourth-order valence-corrected chi connectivity index (χ4v) is 3.48. The Balaban J connectivity index is 1.98. The number of sulfonamides is 1. The molecule has 1 aromatic carbocycles. The molecule has 26 heavy (non-hydrogen) atoms. The Hall–Kier alpha value is -2.40. The van der Waals surface area contributed by atoms with Crippen LogP contribution in [0.5, 0.6) is 0 Å². The lowest BCUT2D eigenvalue weighted by Crippen LogP contribution is -2.15. The molecule has 0 aliphatic carbocycles. The van der Waals surface area contributed by atoms with Gasteiger partial charge in [0.05, 0.1) is 16.3 Å². The first-order valence-electron chi connectivity index (χ1n) is 7.08. The maximum atomic E-state index is 12.7. The molecule has 12 heteroatoms. The Morgan fingerprint density at radius 3 is 2.46 bits per heavy atom. The number of anilines is 1. The van der Waals surface area contributed by atoms with E-state index in [0.717, 1.165) is 12.1 Å². The van der Waals surface area contributed by atoms with Gasteiger partial charge in [-0.2, -0.15) is 31.1 Å². The molecular weight excluding hydrogens is 395 g/mol. The fourth-order valence-electron chi connectivity index (χ4n) is 2.24. The van der Waals surface area contributed by atoms with E-state index in [-0.39, 0.29) is 11.3 Å². The van der Waals surface area contributed by atoms with Crippen molar-refractivity contribution in [1.82, 2.24) is 19.6 Å². The number of alkyl halides is 3. The fraction of sp³-hybridized carbons (Fsp3) is 0.214. The number of hydrogen-bond acceptors (Lipinski definition) is 5. The topological polar surface area (TPSA) is 89.2 Å². The van der Waals surface area contributed by atoms with Crippen LogP contribution in [-0.4, -0.2) is 28.0 Å². The van der Waals surface area contributed by atoms with Crippen LogP contribution < -0.4 is 4.72 Å². The van der Waals surface area contributed by atoms with Gasteiger partial charge in [0.1, 0.15) is 5.82 Å². The number of fused-ring (bicyclic) bond motifs is 1. The van der Waals surface area contributed by atoms with Crippen molar-refractivity contribution >= 4 is 33.0 Å². The molecule has 0 radical (unpaired) electrons. The highest BCUT2D eigenvalue weighted by Gasteiger charge is 2.31. The summed E-state index contributed by atoms with van der Waals surface area (Å²) in [6, 6.07) is 3.83. The van der Waals surface area contributed by atoms with Crippen LogP contribution in [0.3, 0.4) is 0 Å². The van der Waals surface area contributed by atoms with Crippen LogP contribution in [0, 0.1) is 13.8 Å². The average Bonchev–Trinajstić information content (AvgIpc) is 2.93. The Bertz CT molecular complexity index is 1110. The van der Waals surface area contributed by atoms with Crippen molar-refractivity contribution in [2.75, 3.05) is 4.72 Å². The first-order chi connectivity index (χ1) is 12.0. The van der Waals surface area contributed by atoms with Gasteiger partial charge in [-0.25, -0.2) is 4.98 Å². The van der Waals surface area contributed by atoms with Gasteiger partial charge in [0, 0.05) is 11.8 Å². The van der Waals surface area contributed by atoms with Gasteiger partial charge in [-0.05, 0) is 32.0 Å². The van der Waals surface area contributed by atoms with Crippen LogP contribution >= 0.6 is 11.6 Å². The molecule has 138 valence electrons. The van der Waals surface area contributed by atoms with E-state index in [0.29, 0.717) is 17.6 Å². The standard InChI is InChI=1S/C14H11ClF3N5O2S/c1-7-5-12-20-13(21-23(12)8(2)19-7)26(24,25)22-11-4-3-9(6-10(11)15)14(16,17)18/h3-6,22H,1-2H3. The number of nitrogens with zero attached hydrogens (tertiary/aromatic N) is 4. The van der Waals surface area contributed by atoms with E-state index < -0.39 is 31.9 Å². The molecule has 0 fully saturated rings. The van der Waals surface area contributed by atoms with Gasteiger partial charge in [0.25, 0.3) is 15.2 Å². The van der Waals surface area contributed by atoms with Gasteiger partial charge < -0.3 is 0 Å². The zero-order valence-electron chi connectivity index (χ0n) is 13.3. The minimum Gasteiger partial charge on any atom is -0.275 e. The Labute approximate surface area is 150 Å². The van der Waals surface area contributed by atoms with Crippen molar-refractivity contribution in [2.24, 2.45) is 0 Å². The van der Waals surface area contributed by atoms with Gasteiger partial charge in [0.15, 0.2) is 5.65 Å². The maximum absolute atomic E-state index is 12.7. The highest BCUT2D eigenvalue weighted by molar-refractivity contribution is 7.92. The second kappa shape index (κ2) is 6.09. The summed E-state index contributed by atoms with van der Waals surface area (Å²) in [5.41, 5.74) is -0.308. The third-order valence-corrected chi connectivity index (χ3v) is 4.83. The summed E-state index contributed by atoms with van der Waals surface area (Å²) < 4.78 is 66.2. The monoisotopic (exact) mass is 405 g/mol. The zero-order chi connectivity index (χ0) is 19.3. The minimum absolute atomic E-state index is 0.218. The van der Waals surface area contributed by atoms with Crippen LogP contribution in [0.25, 0.3) is 5.65 Å². The molecule has 2 heterocycles. The number of rotatable bonds is 3. The Morgan fingerprint density at radius 1 is 1.15 bits per heavy atom. The molecule has 3 aromatic rings. The second-order valence-corrected chi connectivity index (χ2v) is 7.39. The van der Waals surface area contributed by atoms with E-state index >= 15 is 0 Å². The summed E-state index contributed by atoms with van der Waals surface area (Å²) in [7, 11) is -4.26. The summed E-state index contributed by atoms with van der Waals surface area (Å²) in [5.74, 6) is 0.432. The summed E-state index contributed by atoms with van der Waals surface area (Å²) in [6.07, 6.45) is -4.59. The van der Waals surface area contributed by atoms with Crippen molar-refractivity contribution in [3.05, 3.63) is 46.4 Å². The van der Waals surface area contributed by atoms with E-state index in [1.54, 1.807) is 19.9 Å². The van der Waals surface area contributed by atoms with E-state index in [4.69, 9.17) is 11.6 Å². The summed E-state index contributed by atoms with van der Waals surface area (Å²) in [6.45, 7) is 3.35. The van der Waals surface area contributed by atoms with Crippen molar-refractivity contribution in [2.45, 2.75) is 25.2 Å². The summed E-state index contributed by atoms with van der Waals surface area (Å²) in [4.78, 5) is 8.07. The van der Waals surface area contributed by atoms with Crippen LogP contribution in [0.1, 0.15) is 17.1 Å². The molecule has 0 unspecified atom stereocenters. The SMILES string of the molecule is Cc1cc2nc(S(=O)(=O)Nc3ccc(C(F)(F)F)cc3Cl)nn2c(C)n1. The van der Waals surface area contributed by atoms with Gasteiger partial charge in [-0.3, -0.25) is 4.72 Å². The molecule has 0 atom stereocenters. The summed E-state index contributed by atoms with van der Waals surface area (Å²) >= 11 is 5.77. The highest BCUT2D eigenvalue weighted by Crippen LogP contribution is 2.34. The van der Waals surface area contributed by atoms with Gasteiger partial charge >= 0.3 is 6.18 Å². The van der Waals surface area contributed by atoms with E-state index in [2.05, 4.69) is 19.8 Å². The molecule has 2 aromatic heterocycles. The molecule has 0 aliphatic rings. The number of aromatic nitrogens is 4. The van der Waals surface area contributed by atoms with Gasteiger partial charge in [-0.1, -0.05) is 11.6 Å². The number of benzene rings is 1. The van der Waals surface area contributed by atoms with E-state index in [1.165, 1.54) is 4.52 Å². The molecule has 0 bridgehead atoms. The highest BCUT2D eigenvalue weighted by atomic mass is 35.5. The number of hydrogen-bond donors (Lipinski definition) is 1. The third kappa shape index (κ3) is 3.44. The van der Waals surface area contributed by atoms with Crippen molar-refractivity contribution in [3.8, 4) is 0 Å². The average molecular weight is 406 g/mol. The molecule has 0 saturated heterocycles. The first kappa shape index (κ1) is 18.4. The maximum Gasteiger partial charge on any atom is 0.416 e. The molecule has 1 N–H and O–H groups in total. The molecule has 0 spiro atoms. The number of halogens is 4. The molecule has 0 amide bonds. The molecule has 3 rings (SSSR count). The predicted molar refractivity (Wildman–Crippen MR) is 87.5 cm³/mol. The normalized spacial score (nSPS) is 12.5. The van der Waals surface area contributed by atoms with Gasteiger partial charge in [-0.15, -0.1) is 5.10 Å². The van der Waals surface area contributed by atoms with Crippen LogP contribution in [0.15, 0.2) is 29.4 Å². The molecule has 0 aliphatic heterocycles. The lowest BCUT2D eigenvalue weighted by Gasteiger charge is -2.10. The minimum atomic E-state index is -4.59. The third-order valence-electron chi connectivity index (χ3n) is 3.38. The van der Waals surface area contributed by atoms with Crippen molar-refractivity contribution in [1.29, 1.82) is 0 Å². The first-order valence-corrected chi connectivity index (χ1v) is 8.94. The smallest absolute Gasteiger partial charge is 0.275 e. The molecular formula is C14H11ClF3N5O2S. The lowest BCUT2D eigenvalue weighted by atomic mass is 10.2. The van der Waals surface area contributed by atoms with Crippen molar-refractivity contribution in [3.63, 3.8) is 0 Å². The second-order valence-electron chi connectivity index (χ2n) is 5.41.